The van der Waals surface area contributed by atoms with E-state index in [9.17, 15) is 14.4 Å². The van der Waals surface area contributed by atoms with Crippen molar-refractivity contribution < 1.29 is 23.9 Å². The van der Waals surface area contributed by atoms with Crippen LogP contribution in [0.1, 0.15) is 37.0 Å². The van der Waals surface area contributed by atoms with Crippen molar-refractivity contribution in [1.82, 2.24) is 10.2 Å². The number of Topliss-reactive ketones (excluding diaryl/α,β-unsaturated/α-hetero) is 1. The predicted octanol–water partition coefficient (Wildman–Crippen LogP) is 3.19. The van der Waals surface area contributed by atoms with Gasteiger partial charge in [0.2, 0.25) is 5.91 Å². The van der Waals surface area contributed by atoms with Crippen LogP contribution in [-0.4, -0.2) is 53.8 Å². The summed E-state index contributed by atoms with van der Waals surface area (Å²) >= 11 is 0. The lowest BCUT2D eigenvalue weighted by atomic mass is 10.0. The molecule has 7 nitrogen and oxygen atoms in total. The normalized spacial score (nSPS) is 20.8. The molecular weight excluding hydrogens is 408 g/mol. The second kappa shape index (κ2) is 9.53. The van der Waals surface area contributed by atoms with Crippen LogP contribution in [0, 0.1) is 5.92 Å². The number of nitrogens with one attached hydrogen (secondary N) is 1. The van der Waals surface area contributed by atoms with Gasteiger partial charge in [0.15, 0.2) is 5.78 Å². The van der Waals surface area contributed by atoms with E-state index >= 15 is 0 Å². The Morgan fingerprint density at radius 2 is 1.78 bits per heavy atom. The van der Waals surface area contributed by atoms with Gasteiger partial charge < -0.3 is 19.7 Å². The first kappa shape index (κ1) is 22.0. The zero-order chi connectivity index (χ0) is 22.7. The summed E-state index contributed by atoms with van der Waals surface area (Å²) in [6.45, 7) is 4.52. The number of amides is 2. The van der Waals surface area contributed by atoms with Gasteiger partial charge >= 0.3 is 0 Å². The number of fused-ring (bicyclic) bond motifs is 1. The summed E-state index contributed by atoms with van der Waals surface area (Å²) in [5.41, 5.74) is 0.437. The molecule has 2 fully saturated rings. The fourth-order valence-electron chi connectivity index (χ4n) is 4.28. The second-order valence-corrected chi connectivity index (χ2v) is 8.68. The predicted molar refractivity (Wildman–Crippen MR) is 119 cm³/mol. The third kappa shape index (κ3) is 4.83. The van der Waals surface area contributed by atoms with E-state index in [-0.39, 0.29) is 36.2 Å². The summed E-state index contributed by atoms with van der Waals surface area (Å²) in [7, 11) is 0. The van der Waals surface area contributed by atoms with Crippen LogP contribution in [0.15, 0.2) is 54.6 Å². The Balaban J connectivity index is 1.43. The lowest BCUT2D eigenvalue weighted by Gasteiger charge is -2.28. The van der Waals surface area contributed by atoms with Gasteiger partial charge in [-0.3, -0.25) is 14.4 Å². The molecule has 1 N–H and O–H groups in total. The topological polar surface area (TPSA) is 84.9 Å². The fourth-order valence-corrected chi connectivity index (χ4v) is 4.28. The van der Waals surface area contributed by atoms with Gasteiger partial charge in [0.05, 0.1) is 6.10 Å². The monoisotopic (exact) mass is 436 g/mol. The largest absolute Gasteiger partial charge is 0.457 e. The van der Waals surface area contributed by atoms with Gasteiger partial charge in [-0.05, 0) is 55.2 Å². The van der Waals surface area contributed by atoms with Crippen LogP contribution < -0.4 is 10.1 Å². The standard InChI is InChI=1S/C25H28N2O5/c1-16(2)14-20(25(30)27-13-12-22-23(27)21(28)15-31-22)26-24(29)17-8-10-19(11-9-17)32-18-6-4-3-5-7-18/h3-11,16,20,22-23H,12-15H2,1-2H3,(H,26,29)/t20-,22+,23+/m0/s1. The van der Waals surface area contributed by atoms with E-state index in [1.54, 1.807) is 29.2 Å². The highest BCUT2D eigenvalue weighted by atomic mass is 16.5. The van der Waals surface area contributed by atoms with E-state index in [1.807, 2.05) is 44.2 Å². The minimum atomic E-state index is -0.699. The van der Waals surface area contributed by atoms with Crippen molar-refractivity contribution in [3.63, 3.8) is 0 Å². The minimum Gasteiger partial charge on any atom is -0.457 e. The molecule has 168 valence electrons. The van der Waals surface area contributed by atoms with E-state index in [0.29, 0.717) is 36.4 Å². The summed E-state index contributed by atoms with van der Waals surface area (Å²) in [4.78, 5) is 40.0. The van der Waals surface area contributed by atoms with Crippen LogP contribution in [0.2, 0.25) is 0 Å². The van der Waals surface area contributed by atoms with Gasteiger partial charge in [-0.15, -0.1) is 0 Å². The third-order valence-electron chi connectivity index (χ3n) is 5.80. The average molecular weight is 437 g/mol. The molecule has 2 saturated heterocycles. The maximum Gasteiger partial charge on any atom is 0.251 e. The molecule has 0 unspecified atom stereocenters. The minimum absolute atomic E-state index is 0.0533. The van der Waals surface area contributed by atoms with Crippen LogP contribution in [0.5, 0.6) is 11.5 Å². The Hall–Kier alpha value is -3.19. The summed E-state index contributed by atoms with van der Waals surface area (Å²) in [6.07, 6.45) is 0.912. The molecule has 2 heterocycles. The van der Waals surface area contributed by atoms with Gasteiger partial charge in [0, 0.05) is 12.1 Å². The van der Waals surface area contributed by atoms with Crippen molar-refractivity contribution in [3.05, 3.63) is 60.2 Å². The quantitative estimate of drug-likeness (QED) is 0.721. The Bertz CT molecular complexity index is 974. The number of carbonyl (C=O) groups is 3. The Morgan fingerprint density at radius 1 is 1.09 bits per heavy atom. The molecule has 3 atom stereocenters. The molecule has 0 aromatic heterocycles. The van der Waals surface area contributed by atoms with Crippen LogP contribution in [0.3, 0.4) is 0 Å². The molecule has 32 heavy (non-hydrogen) atoms. The molecule has 2 aliphatic heterocycles. The molecule has 0 aliphatic carbocycles. The number of benzene rings is 2. The fraction of sp³-hybridized carbons (Fsp3) is 0.400. The Morgan fingerprint density at radius 3 is 2.47 bits per heavy atom. The SMILES string of the molecule is CC(C)C[C@H](NC(=O)c1ccc(Oc2ccccc2)cc1)C(=O)N1CC[C@H]2OCC(=O)[C@H]21. The van der Waals surface area contributed by atoms with E-state index in [4.69, 9.17) is 9.47 Å². The van der Waals surface area contributed by atoms with Crippen molar-refractivity contribution >= 4 is 17.6 Å². The highest BCUT2D eigenvalue weighted by molar-refractivity contribution is 5.99. The van der Waals surface area contributed by atoms with E-state index < -0.39 is 12.1 Å². The third-order valence-corrected chi connectivity index (χ3v) is 5.80. The van der Waals surface area contributed by atoms with Crippen LogP contribution >= 0.6 is 0 Å². The molecule has 7 heteroatoms. The highest BCUT2D eigenvalue weighted by Crippen LogP contribution is 2.28. The number of rotatable bonds is 7. The summed E-state index contributed by atoms with van der Waals surface area (Å²) in [5.74, 6) is 0.902. The van der Waals surface area contributed by atoms with Crippen molar-refractivity contribution in [2.45, 2.75) is 44.9 Å². The molecule has 2 amide bonds. The highest BCUT2D eigenvalue weighted by Gasteiger charge is 2.48. The molecule has 0 saturated carbocycles. The van der Waals surface area contributed by atoms with Gasteiger partial charge in [-0.25, -0.2) is 0 Å². The Labute approximate surface area is 187 Å². The molecule has 2 aromatic rings. The first-order valence-electron chi connectivity index (χ1n) is 11.0. The molecule has 2 aromatic carbocycles. The van der Waals surface area contributed by atoms with Crippen molar-refractivity contribution in [2.75, 3.05) is 13.2 Å². The molecule has 0 spiro atoms. The molecule has 2 aliphatic rings. The maximum absolute atomic E-state index is 13.3. The van der Waals surface area contributed by atoms with Gasteiger partial charge in [-0.2, -0.15) is 0 Å². The Kier molecular flexibility index (Phi) is 6.55. The second-order valence-electron chi connectivity index (χ2n) is 8.68. The molecule has 4 rings (SSSR count). The van der Waals surface area contributed by atoms with Crippen molar-refractivity contribution in [3.8, 4) is 11.5 Å². The smallest absolute Gasteiger partial charge is 0.251 e. The van der Waals surface area contributed by atoms with Gasteiger partial charge in [-0.1, -0.05) is 32.0 Å². The number of nitrogens with zero attached hydrogens (tertiary/aromatic N) is 1. The van der Waals surface area contributed by atoms with Crippen LogP contribution in [0.4, 0.5) is 0 Å². The van der Waals surface area contributed by atoms with Gasteiger partial charge in [0.25, 0.3) is 5.91 Å². The number of carbonyl (C=O) groups excluding carboxylic acids is 3. The van der Waals surface area contributed by atoms with E-state index in [2.05, 4.69) is 5.32 Å². The maximum atomic E-state index is 13.3. The lowest BCUT2D eigenvalue weighted by molar-refractivity contribution is -0.138. The molecule has 0 radical (unpaired) electrons. The first-order chi connectivity index (χ1) is 15.4. The molecular formula is C25H28N2O5. The number of ether oxygens (including phenoxy) is 2. The van der Waals surface area contributed by atoms with E-state index in [0.717, 1.165) is 0 Å². The molecule has 0 bridgehead atoms. The number of ketones is 1. The number of para-hydroxylation sites is 1. The number of hydrogen-bond acceptors (Lipinski definition) is 5. The van der Waals surface area contributed by atoms with Crippen molar-refractivity contribution in [1.29, 1.82) is 0 Å². The van der Waals surface area contributed by atoms with Crippen LogP contribution in [0.25, 0.3) is 0 Å². The summed E-state index contributed by atoms with van der Waals surface area (Å²) < 4.78 is 11.3. The average Bonchev–Trinajstić information content (AvgIpc) is 3.37. The zero-order valence-corrected chi connectivity index (χ0v) is 18.3. The van der Waals surface area contributed by atoms with Gasteiger partial charge in [0.1, 0.15) is 30.2 Å². The summed E-state index contributed by atoms with van der Waals surface area (Å²) in [5, 5.41) is 2.88. The lowest BCUT2D eigenvalue weighted by Crippen LogP contribution is -2.52. The zero-order valence-electron chi connectivity index (χ0n) is 18.3. The van der Waals surface area contributed by atoms with Crippen molar-refractivity contribution in [2.24, 2.45) is 5.92 Å². The number of likely N-dealkylation sites (tertiary alicyclic amines) is 1. The van der Waals surface area contributed by atoms with E-state index in [1.165, 1.54) is 0 Å². The first-order valence-corrected chi connectivity index (χ1v) is 11.0. The number of hydrogen-bond donors (Lipinski definition) is 1. The summed E-state index contributed by atoms with van der Waals surface area (Å²) in [6, 6.07) is 15.0. The van der Waals surface area contributed by atoms with Crippen LogP contribution in [-0.2, 0) is 14.3 Å².